The molecular formula is C19H18O4. The Kier molecular flexibility index (Phi) is 4.15. The Morgan fingerprint density at radius 3 is 2.30 bits per heavy atom. The molecule has 0 spiro atoms. The van der Waals surface area contributed by atoms with Gasteiger partial charge in [-0.05, 0) is 54.8 Å². The van der Waals surface area contributed by atoms with Crippen LogP contribution in [-0.2, 0) is 6.42 Å². The number of hydrogen-bond donors (Lipinski definition) is 0. The average Bonchev–Trinajstić information content (AvgIpc) is 2.61. The average molecular weight is 310 g/mol. The van der Waals surface area contributed by atoms with Crippen LogP contribution in [0.3, 0.4) is 0 Å². The highest BCUT2D eigenvalue weighted by Gasteiger charge is 2.33. The molecule has 0 fully saturated rings. The summed E-state index contributed by atoms with van der Waals surface area (Å²) in [5.41, 5.74) is 2.12. The lowest BCUT2D eigenvalue weighted by Gasteiger charge is -2.23. The molecule has 3 rings (SSSR count). The van der Waals surface area contributed by atoms with Gasteiger partial charge in [-0.25, -0.2) is 0 Å². The molecule has 0 saturated carbocycles. The van der Waals surface area contributed by atoms with Gasteiger partial charge in [0.05, 0.1) is 20.1 Å². The molecule has 0 saturated heterocycles. The Bertz CT molecular complexity index is 746. The fourth-order valence-corrected chi connectivity index (χ4v) is 2.96. The molecule has 0 N–H and O–H groups in total. The summed E-state index contributed by atoms with van der Waals surface area (Å²) in [6.07, 6.45) is 1.26. The molecule has 2 aromatic rings. The Labute approximate surface area is 135 Å². The van der Waals surface area contributed by atoms with Crippen LogP contribution in [-0.4, -0.2) is 25.8 Å². The summed E-state index contributed by atoms with van der Waals surface area (Å²) in [4.78, 5) is 25.4. The Morgan fingerprint density at radius 1 is 1.00 bits per heavy atom. The maximum absolute atomic E-state index is 12.7. The monoisotopic (exact) mass is 310 g/mol. The van der Waals surface area contributed by atoms with Gasteiger partial charge in [-0.3, -0.25) is 9.59 Å². The van der Waals surface area contributed by atoms with E-state index in [9.17, 15) is 9.59 Å². The molecule has 1 aliphatic carbocycles. The maximum Gasteiger partial charge on any atom is 0.174 e. The van der Waals surface area contributed by atoms with Crippen molar-refractivity contribution in [2.24, 2.45) is 5.92 Å². The van der Waals surface area contributed by atoms with Crippen molar-refractivity contribution >= 4 is 11.6 Å². The quantitative estimate of drug-likeness (QED) is 0.642. The van der Waals surface area contributed by atoms with Crippen molar-refractivity contribution in [3.05, 3.63) is 59.2 Å². The summed E-state index contributed by atoms with van der Waals surface area (Å²) in [7, 11) is 3.14. The third kappa shape index (κ3) is 2.84. The van der Waals surface area contributed by atoms with Gasteiger partial charge in [0.2, 0.25) is 0 Å². The number of hydrogen-bond acceptors (Lipinski definition) is 4. The molecule has 0 radical (unpaired) electrons. The minimum Gasteiger partial charge on any atom is -0.497 e. The summed E-state index contributed by atoms with van der Waals surface area (Å²) < 4.78 is 10.3. The zero-order chi connectivity index (χ0) is 16.4. The molecule has 2 aromatic carbocycles. The number of aryl methyl sites for hydroxylation is 1. The second-order valence-corrected chi connectivity index (χ2v) is 5.57. The number of methoxy groups -OCH3 is 2. The lowest BCUT2D eigenvalue weighted by molar-refractivity contribution is 0.0790. The Morgan fingerprint density at radius 2 is 1.65 bits per heavy atom. The first-order chi connectivity index (χ1) is 11.1. The molecule has 0 amide bonds. The van der Waals surface area contributed by atoms with E-state index in [1.54, 1.807) is 44.6 Å². The smallest absolute Gasteiger partial charge is 0.174 e. The predicted molar refractivity (Wildman–Crippen MR) is 86.5 cm³/mol. The van der Waals surface area contributed by atoms with Crippen LogP contribution in [0, 0.1) is 5.92 Å². The van der Waals surface area contributed by atoms with E-state index < -0.39 is 5.92 Å². The molecule has 1 aliphatic rings. The van der Waals surface area contributed by atoms with Crippen LogP contribution >= 0.6 is 0 Å². The zero-order valence-electron chi connectivity index (χ0n) is 13.2. The fraction of sp³-hybridized carbons (Fsp3) is 0.263. The van der Waals surface area contributed by atoms with E-state index in [4.69, 9.17) is 9.47 Å². The number of ether oxygens (including phenoxy) is 2. The van der Waals surface area contributed by atoms with Crippen molar-refractivity contribution in [2.75, 3.05) is 14.2 Å². The number of carbonyl (C=O) groups is 2. The normalized spacial score (nSPS) is 16.6. The van der Waals surface area contributed by atoms with Crippen LogP contribution in [0.5, 0.6) is 11.5 Å². The summed E-state index contributed by atoms with van der Waals surface area (Å²) >= 11 is 0. The van der Waals surface area contributed by atoms with Crippen LogP contribution < -0.4 is 9.47 Å². The second kappa shape index (κ2) is 6.24. The molecule has 4 nitrogen and oxygen atoms in total. The van der Waals surface area contributed by atoms with Gasteiger partial charge in [0.1, 0.15) is 11.5 Å². The Hall–Kier alpha value is -2.62. The fourth-order valence-electron chi connectivity index (χ4n) is 2.96. The van der Waals surface area contributed by atoms with E-state index in [1.807, 2.05) is 12.1 Å². The first kappa shape index (κ1) is 15.3. The number of rotatable bonds is 4. The van der Waals surface area contributed by atoms with E-state index in [0.29, 0.717) is 29.0 Å². The van der Waals surface area contributed by atoms with Gasteiger partial charge in [0.25, 0.3) is 0 Å². The number of ketones is 2. The zero-order valence-corrected chi connectivity index (χ0v) is 13.2. The van der Waals surface area contributed by atoms with Gasteiger partial charge in [0, 0.05) is 11.1 Å². The molecule has 0 aliphatic heterocycles. The number of benzene rings is 2. The van der Waals surface area contributed by atoms with Crippen LogP contribution in [0.15, 0.2) is 42.5 Å². The van der Waals surface area contributed by atoms with Gasteiger partial charge in [-0.1, -0.05) is 6.07 Å². The van der Waals surface area contributed by atoms with E-state index in [1.165, 1.54) is 0 Å². The van der Waals surface area contributed by atoms with E-state index in [-0.39, 0.29) is 11.6 Å². The van der Waals surface area contributed by atoms with Crippen molar-refractivity contribution < 1.29 is 19.1 Å². The van der Waals surface area contributed by atoms with Crippen molar-refractivity contribution in [2.45, 2.75) is 12.8 Å². The van der Waals surface area contributed by atoms with Crippen LogP contribution in [0.4, 0.5) is 0 Å². The Balaban J connectivity index is 1.88. The topological polar surface area (TPSA) is 52.6 Å². The van der Waals surface area contributed by atoms with E-state index >= 15 is 0 Å². The SMILES string of the molecule is COc1ccc(C(=O)[C@@H]2CCc3ccc(OC)cc3C2=O)cc1. The molecule has 4 heteroatoms. The molecule has 0 heterocycles. The lowest BCUT2D eigenvalue weighted by atomic mass is 9.79. The first-order valence-corrected chi connectivity index (χ1v) is 7.53. The highest BCUT2D eigenvalue weighted by atomic mass is 16.5. The number of carbonyl (C=O) groups excluding carboxylic acids is 2. The molecular weight excluding hydrogens is 292 g/mol. The van der Waals surface area contributed by atoms with Crippen molar-refractivity contribution in [1.29, 1.82) is 0 Å². The van der Waals surface area contributed by atoms with Crippen LogP contribution in [0.25, 0.3) is 0 Å². The highest BCUT2D eigenvalue weighted by molar-refractivity contribution is 6.17. The summed E-state index contributed by atoms with van der Waals surface area (Å²) in [5, 5.41) is 0. The van der Waals surface area contributed by atoms with Gasteiger partial charge < -0.3 is 9.47 Å². The molecule has 23 heavy (non-hydrogen) atoms. The largest absolute Gasteiger partial charge is 0.497 e. The molecule has 0 bridgehead atoms. The minimum atomic E-state index is -0.622. The molecule has 1 atom stereocenters. The molecule has 118 valence electrons. The summed E-state index contributed by atoms with van der Waals surface area (Å²) in [5.74, 6) is 0.446. The van der Waals surface area contributed by atoms with Crippen molar-refractivity contribution in [3.8, 4) is 11.5 Å². The van der Waals surface area contributed by atoms with Crippen LogP contribution in [0.2, 0.25) is 0 Å². The van der Waals surface area contributed by atoms with Gasteiger partial charge >= 0.3 is 0 Å². The number of fused-ring (bicyclic) bond motifs is 1. The first-order valence-electron chi connectivity index (χ1n) is 7.53. The van der Waals surface area contributed by atoms with E-state index in [0.717, 1.165) is 12.0 Å². The second-order valence-electron chi connectivity index (χ2n) is 5.57. The molecule has 0 unspecified atom stereocenters. The van der Waals surface area contributed by atoms with Crippen molar-refractivity contribution in [3.63, 3.8) is 0 Å². The van der Waals surface area contributed by atoms with Crippen molar-refractivity contribution in [1.82, 2.24) is 0 Å². The maximum atomic E-state index is 12.7. The number of Topliss-reactive ketones (excluding diaryl/α,β-unsaturated/α-hetero) is 2. The summed E-state index contributed by atoms with van der Waals surface area (Å²) in [6, 6.07) is 12.4. The third-order valence-corrected chi connectivity index (χ3v) is 4.29. The van der Waals surface area contributed by atoms with E-state index in [2.05, 4.69) is 0 Å². The van der Waals surface area contributed by atoms with Gasteiger partial charge in [0.15, 0.2) is 11.6 Å². The summed E-state index contributed by atoms with van der Waals surface area (Å²) in [6.45, 7) is 0. The predicted octanol–water partition coefficient (Wildman–Crippen LogP) is 3.33. The lowest BCUT2D eigenvalue weighted by Crippen LogP contribution is -2.29. The standard InChI is InChI=1S/C19H18O4/c1-22-14-7-4-13(5-8-14)18(20)16-10-6-12-3-9-15(23-2)11-17(12)19(16)21/h3-5,7-9,11,16H,6,10H2,1-2H3/t16-/m0/s1. The highest BCUT2D eigenvalue weighted by Crippen LogP contribution is 2.30. The molecule has 0 aromatic heterocycles. The van der Waals surface area contributed by atoms with Gasteiger partial charge in [-0.15, -0.1) is 0 Å². The third-order valence-electron chi connectivity index (χ3n) is 4.29. The minimum absolute atomic E-state index is 0.119. The van der Waals surface area contributed by atoms with Crippen LogP contribution in [0.1, 0.15) is 32.7 Å². The van der Waals surface area contributed by atoms with Gasteiger partial charge in [-0.2, -0.15) is 0 Å².